The Balaban J connectivity index is 0. The van der Waals surface area contributed by atoms with Crippen molar-refractivity contribution in [3.63, 3.8) is 0 Å². The van der Waals surface area contributed by atoms with Crippen LogP contribution >= 0.6 is 15.9 Å². The number of carboxylic acid groups (broad SMARTS) is 1. The first-order valence-corrected chi connectivity index (χ1v) is 5.41. The van der Waals surface area contributed by atoms with Crippen molar-refractivity contribution in [1.82, 2.24) is 0 Å². The van der Waals surface area contributed by atoms with Crippen molar-refractivity contribution in [3.05, 3.63) is 27.7 Å². The van der Waals surface area contributed by atoms with Crippen LogP contribution in [0, 0.1) is 6.92 Å². The molecule has 0 saturated carbocycles. The molecule has 76 valence electrons. The van der Waals surface area contributed by atoms with Gasteiger partial charge in [-0.2, -0.15) is 0 Å². The number of hydrogen-bond donors (Lipinski definition) is 0. The van der Waals surface area contributed by atoms with Gasteiger partial charge < -0.3 is 14.5 Å². The molecule has 0 heterocycles. The topological polar surface area (TPSA) is 80.3 Å². The summed E-state index contributed by atoms with van der Waals surface area (Å²) in [6.45, 7) is 1.58. The second kappa shape index (κ2) is 8.39. The number of halogens is 1. The van der Waals surface area contributed by atoms with Crippen LogP contribution < -0.4 is 64.2 Å². The molecule has 16 heavy (non-hydrogen) atoms. The average Bonchev–Trinajstić information content (AvgIpc) is 2.08. The normalized spacial score (nSPS) is 10.9. The van der Waals surface area contributed by atoms with Crippen LogP contribution in [-0.2, 0) is 11.1 Å². The zero-order valence-corrected chi connectivity index (χ0v) is 15.5. The van der Waals surface area contributed by atoms with Gasteiger partial charge in [0.15, 0.2) is 0 Å². The van der Waals surface area contributed by atoms with E-state index < -0.39 is 17.0 Å². The number of benzene rings is 1. The van der Waals surface area contributed by atoms with Gasteiger partial charge in [0.25, 0.3) is 0 Å². The summed E-state index contributed by atoms with van der Waals surface area (Å²) in [5, 5.41) is 10.5. The predicted molar refractivity (Wildman–Crippen MR) is 50.4 cm³/mol. The SMILES string of the molecule is Cc1c(Br)cc(C(=O)[O-])cc1S(=O)[O-].[Na+].[Na+]. The van der Waals surface area contributed by atoms with Crippen LogP contribution in [0.3, 0.4) is 0 Å². The van der Waals surface area contributed by atoms with Crippen LogP contribution in [-0.4, -0.2) is 14.7 Å². The van der Waals surface area contributed by atoms with Gasteiger partial charge in [-0.25, -0.2) is 0 Å². The monoisotopic (exact) mass is 322 g/mol. The standard InChI is InChI=1S/C8H7BrO4S.2Na/c1-4-6(9)2-5(8(10)11)3-7(4)14(12)13;;/h2-3H,1H3,(H,10,11)(H,12,13);;/q;2*+1/p-2. The zero-order valence-electron chi connectivity index (χ0n) is 9.07. The second-order valence-electron chi connectivity index (χ2n) is 2.60. The maximum atomic E-state index is 10.7. The van der Waals surface area contributed by atoms with Crippen LogP contribution in [0.15, 0.2) is 21.5 Å². The van der Waals surface area contributed by atoms with E-state index in [0.29, 0.717) is 10.0 Å². The number of carbonyl (C=O) groups is 1. The van der Waals surface area contributed by atoms with E-state index in [2.05, 4.69) is 15.9 Å². The van der Waals surface area contributed by atoms with Gasteiger partial charge in [-0.15, -0.1) is 0 Å². The Morgan fingerprint density at radius 1 is 1.38 bits per heavy atom. The molecular weight excluding hydrogens is 318 g/mol. The Labute approximate surface area is 148 Å². The maximum Gasteiger partial charge on any atom is 1.00 e. The molecular formula is C8H5BrNa2O4S. The van der Waals surface area contributed by atoms with Crippen molar-refractivity contribution < 1.29 is 77.8 Å². The van der Waals surface area contributed by atoms with Crippen molar-refractivity contribution >= 4 is 33.0 Å². The first-order chi connectivity index (χ1) is 6.43. The fourth-order valence-electron chi connectivity index (χ4n) is 0.945. The summed E-state index contributed by atoms with van der Waals surface area (Å²) in [5.41, 5.74) is 0.310. The molecule has 0 bridgehead atoms. The van der Waals surface area contributed by atoms with E-state index in [-0.39, 0.29) is 69.6 Å². The average molecular weight is 323 g/mol. The third-order valence-electron chi connectivity index (χ3n) is 1.71. The van der Waals surface area contributed by atoms with E-state index in [9.17, 15) is 18.7 Å². The Morgan fingerprint density at radius 3 is 2.25 bits per heavy atom. The molecule has 1 aromatic rings. The second-order valence-corrected chi connectivity index (χ2v) is 4.37. The van der Waals surface area contributed by atoms with Crippen molar-refractivity contribution in [2.75, 3.05) is 0 Å². The third-order valence-corrected chi connectivity index (χ3v) is 3.32. The van der Waals surface area contributed by atoms with Gasteiger partial charge in [0.05, 0.1) is 5.97 Å². The summed E-state index contributed by atoms with van der Waals surface area (Å²) < 4.78 is 21.9. The van der Waals surface area contributed by atoms with E-state index in [4.69, 9.17) is 0 Å². The summed E-state index contributed by atoms with van der Waals surface area (Å²) in [4.78, 5) is 10.5. The van der Waals surface area contributed by atoms with Crippen molar-refractivity contribution in [3.8, 4) is 0 Å². The van der Waals surface area contributed by atoms with Crippen LogP contribution in [0.4, 0.5) is 0 Å². The molecule has 4 nitrogen and oxygen atoms in total. The van der Waals surface area contributed by atoms with E-state index in [1.165, 1.54) is 6.07 Å². The smallest absolute Gasteiger partial charge is 0.768 e. The van der Waals surface area contributed by atoms with Crippen molar-refractivity contribution in [2.24, 2.45) is 0 Å². The molecule has 0 amide bonds. The first-order valence-electron chi connectivity index (χ1n) is 3.54. The summed E-state index contributed by atoms with van der Waals surface area (Å²) in [6, 6.07) is 2.37. The van der Waals surface area contributed by atoms with Gasteiger partial charge >= 0.3 is 59.1 Å². The predicted octanol–water partition coefficient (Wildman–Crippen LogP) is -5.63. The largest absolute Gasteiger partial charge is 1.00 e. The number of aromatic carboxylic acids is 1. The molecule has 1 aromatic carbocycles. The number of carboxylic acids is 1. The van der Waals surface area contributed by atoms with Gasteiger partial charge in [0, 0.05) is 9.37 Å². The van der Waals surface area contributed by atoms with E-state index in [1.807, 2.05) is 0 Å². The summed E-state index contributed by atoms with van der Waals surface area (Å²) in [5.74, 6) is -1.41. The molecule has 1 atom stereocenters. The molecule has 0 aliphatic rings. The summed E-state index contributed by atoms with van der Waals surface area (Å²) in [7, 11) is 0. The molecule has 8 heteroatoms. The van der Waals surface area contributed by atoms with E-state index in [0.717, 1.165) is 6.07 Å². The molecule has 0 aliphatic carbocycles. The van der Waals surface area contributed by atoms with Gasteiger partial charge in [-0.05, 0) is 41.3 Å². The zero-order chi connectivity index (χ0) is 10.9. The molecule has 1 rings (SSSR count). The Kier molecular flexibility index (Phi) is 10.3. The third kappa shape index (κ3) is 4.88. The van der Waals surface area contributed by atoms with Crippen LogP contribution in [0.25, 0.3) is 0 Å². The van der Waals surface area contributed by atoms with Gasteiger partial charge in [0.1, 0.15) is 0 Å². The van der Waals surface area contributed by atoms with E-state index >= 15 is 0 Å². The van der Waals surface area contributed by atoms with Crippen LogP contribution in [0.1, 0.15) is 15.9 Å². The molecule has 0 N–H and O–H groups in total. The van der Waals surface area contributed by atoms with Gasteiger partial charge in [-0.3, -0.25) is 4.21 Å². The van der Waals surface area contributed by atoms with Crippen LogP contribution in [0.5, 0.6) is 0 Å². The molecule has 0 aliphatic heterocycles. The van der Waals surface area contributed by atoms with Crippen LogP contribution in [0.2, 0.25) is 0 Å². The summed E-state index contributed by atoms with van der Waals surface area (Å²) in [6.07, 6.45) is 0. The molecule has 0 fully saturated rings. The number of hydrogen-bond acceptors (Lipinski definition) is 4. The fourth-order valence-corrected chi connectivity index (χ4v) is 2.12. The maximum absolute atomic E-state index is 10.7. The van der Waals surface area contributed by atoms with E-state index in [1.54, 1.807) is 6.92 Å². The minimum atomic E-state index is -2.45. The Morgan fingerprint density at radius 2 is 1.88 bits per heavy atom. The number of rotatable bonds is 2. The Bertz CT molecular complexity index is 425. The van der Waals surface area contributed by atoms with Crippen molar-refractivity contribution in [2.45, 2.75) is 11.8 Å². The molecule has 0 spiro atoms. The Hall–Kier alpha value is 1.28. The van der Waals surface area contributed by atoms with Crippen molar-refractivity contribution in [1.29, 1.82) is 0 Å². The molecule has 1 unspecified atom stereocenters. The molecule has 0 radical (unpaired) electrons. The minimum absolute atomic E-state index is 0. The molecule has 0 saturated heterocycles. The number of carbonyl (C=O) groups excluding carboxylic acids is 1. The minimum Gasteiger partial charge on any atom is -0.768 e. The summed E-state index contributed by atoms with van der Waals surface area (Å²) >= 11 is 0.620. The fraction of sp³-hybridized carbons (Fsp3) is 0.125. The molecule has 0 aromatic heterocycles. The van der Waals surface area contributed by atoms with Gasteiger partial charge in [-0.1, -0.05) is 15.9 Å². The first kappa shape index (κ1) is 19.6. The van der Waals surface area contributed by atoms with Gasteiger partial charge in [0.2, 0.25) is 0 Å². The quantitative estimate of drug-likeness (QED) is 0.401.